The molecule has 3 rings (SSSR count). The molecule has 1 aromatic carbocycles. The first kappa shape index (κ1) is 25.0. The van der Waals surface area contributed by atoms with E-state index in [1.54, 1.807) is 13.0 Å². The fraction of sp³-hybridized carbons (Fsp3) is 0.542. The summed E-state index contributed by atoms with van der Waals surface area (Å²) < 4.78 is 6.19. The van der Waals surface area contributed by atoms with Crippen molar-refractivity contribution in [2.45, 2.75) is 70.2 Å². The summed E-state index contributed by atoms with van der Waals surface area (Å²) in [7, 11) is 0. The third kappa shape index (κ3) is 5.69. The van der Waals surface area contributed by atoms with E-state index in [2.05, 4.69) is 11.8 Å². The molecule has 1 aromatic rings. The standard InChI is InChI=1S/C24H30O5.Na/c1-3-4-7-15(2)19(25)13-12-17-20(26)14-21-23(17)18-10-5-8-16(24(18)29-21)9-6-11-22(27)28;/h5,8,10,12-13,15,17,19-21,23,25-26H,6-7,9,11,14H2,1-2H3,(H,27,28);/q;+1/p-1/b13-12+;. The zero-order chi connectivity index (χ0) is 21.0. The van der Waals surface area contributed by atoms with E-state index in [-0.39, 0.29) is 59.8 Å². The molecule has 0 spiro atoms. The predicted octanol–water partition coefficient (Wildman–Crippen LogP) is -1.04. The van der Waals surface area contributed by atoms with Gasteiger partial charge in [-0.3, -0.25) is 0 Å². The third-order valence-electron chi connectivity index (χ3n) is 6.03. The summed E-state index contributed by atoms with van der Waals surface area (Å²) in [5.41, 5.74) is 2.06. The van der Waals surface area contributed by atoms with Crippen molar-refractivity contribution >= 4 is 5.97 Å². The van der Waals surface area contributed by atoms with Gasteiger partial charge in [0.2, 0.25) is 0 Å². The summed E-state index contributed by atoms with van der Waals surface area (Å²) in [6, 6.07) is 5.96. The Morgan fingerprint density at radius 1 is 1.43 bits per heavy atom. The molecule has 1 saturated carbocycles. The number of hydrogen-bond donors (Lipinski definition) is 2. The summed E-state index contributed by atoms with van der Waals surface area (Å²) in [5, 5.41) is 31.7. The molecule has 1 aliphatic heterocycles. The molecule has 0 bridgehead atoms. The number of para-hydroxylation sites is 1. The second-order valence-electron chi connectivity index (χ2n) is 8.11. The maximum absolute atomic E-state index is 10.7. The van der Waals surface area contributed by atoms with Gasteiger partial charge in [0.15, 0.2) is 0 Å². The molecule has 2 aliphatic rings. The Morgan fingerprint density at radius 3 is 2.90 bits per heavy atom. The number of carbonyl (C=O) groups is 1. The summed E-state index contributed by atoms with van der Waals surface area (Å²) in [6.45, 7) is 3.74. The van der Waals surface area contributed by atoms with Gasteiger partial charge in [0.1, 0.15) is 11.9 Å². The Hall–Kier alpha value is -1.29. The minimum absolute atomic E-state index is 0. The zero-order valence-corrected chi connectivity index (χ0v) is 20.0. The topological polar surface area (TPSA) is 89.8 Å². The van der Waals surface area contributed by atoms with Crippen molar-refractivity contribution in [2.75, 3.05) is 0 Å². The van der Waals surface area contributed by atoms with Crippen LogP contribution in [0.15, 0.2) is 30.4 Å². The summed E-state index contributed by atoms with van der Waals surface area (Å²) in [5.74, 6) is 5.56. The number of aliphatic hydroxyl groups is 2. The molecule has 6 unspecified atom stereocenters. The molecule has 5 nitrogen and oxygen atoms in total. The van der Waals surface area contributed by atoms with Crippen LogP contribution in [0.2, 0.25) is 0 Å². The number of carbonyl (C=O) groups excluding carboxylic acids is 1. The average Bonchev–Trinajstić information content (AvgIpc) is 3.19. The van der Waals surface area contributed by atoms with Crippen molar-refractivity contribution in [3.05, 3.63) is 41.5 Å². The van der Waals surface area contributed by atoms with Crippen molar-refractivity contribution < 1.29 is 54.4 Å². The van der Waals surface area contributed by atoms with Gasteiger partial charge in [0.05, 0.1) is 12.2 Å². The van der Waals surface area contributed by atoms with Gasteiger partial charge in [0.25, 0.3) is 0 Å². The summed E-state index contributed by atoms with van der Waals surface area (Å²) >= 11 is 0. The van der Waals surface area contributed by atoms with E-state index < -0.39 is 18.2 Å². The van der Waals surface area contributed by atoms with Crippen LogP contribution < -0.4 is 39.4 Å². The first-order chi connectivity index (χ1) is 13.9. The van der Waals surface area contributed by atoms with Crippen LogP contribution in [-0.4, -0.2) is 34.5 Å². The summed E-state index contributed by atoms with van der Waals surface area (Å²) in [4.78, 5) is 10.7. The average molecular weight is 420 g/mol. The van der Waals surface area contributed by atoms with Gasteiger partial charge >= 0.3 is 29.6 Å². The van der Waals surface area contributed by atoms with Gasteiger partial charge in [-0.25, -0.2) is 0 Å². The Morgan fingerprint density at radius 2 is 2.20 bits per heavy atom. The largest absolute Gasteiger partial charge is 1.00 e. The SMILES string of the molecule is CC#CCC(C)C(O)/C=C/C1C(O)CC2Oc3c(CCCC(=O)[O-])cccc3C21.[Na+]. The molecule has 0 aromatic heterocycles. The van der Waals surface area contributed by atoms with Gasteiger partial charge < -0.3 is 24.9 Å². The fourth-order valence-electron chi connectivity index (χ4n) is 4.40. The number of ether oxygens (including phenoxy) is 1. The number of fused-ring (bicyclic) bond motifs is 3. The first-order valence-corrected chi connectivity index (χ1v) is 10.3. The number of benzene rings is 1. The number of aliphatic carboxylic acids is 1. The van der Waals surface area contributed by atoms with E-state index in [0.717, 1.165) is 16.9 Å². The number of aryl methyl sites for hydroxylation is 1. The Bertz CT molecular complexity index is 825. The molecule has 0 amide bonds. The van der Waals surface area contributed by atoms with Crippen LogP contribution in [0.1, 0.15) is 56.6 Å². The second-order valence-corrected chi connectivity index (χ2v) is 8.11. The van der Waals surface area contributed by atoms with E-state index in [4.69, 9.17) is 4.74 Å². The van der Waals surface area contributed by atoms with E-state index in [1.807, 2.05) is 31.2 Å². The Labute approximate surface area is 200 Å². The van der Waals surface area contributed by atoms with Crippen molar-refractivity contribution in [2.24, 2.45) is 11.8 Å². The molecule has 30 heavy (non-hydrogen) atoms. The van der Waals surface area contributed by atoms with Crippen LogP contribution in [0.3, 0.4) is 0 Å². The van der Waals surface area contributed by atoms with Crippen molar-refractivity contribution in [3.8, 4) is 17.6 Å². The number of carboxylic acid groups (broad SMARTS) is 1. The van der Waals surface area contributed by atoms with Crippen LogP contribution >= 0.6 is 0 Å². The second kappa shape index (κ2) is 11.4. The fourth-order valence-corrected chi connectivity index (χ4v) is 4.40. The smallest absolute Gasteiger partial charge is 0.550 e. The summed E-state index contributed by atoms with van der Waals surface area (Å²) in [6.07, 6.45) is 4.80. The number of rotatable bonds is 8. The number of aliphatic hydroxyl groups excluding tert-OH is 2. The first-order valence-electron chi connectivity index (χ1n) is 10.3. The normalized spacial score (nSPS) is 26.0. The molecule has 0 radical (unpaired) electrons. The van der Waals surface area contributed by atoms with E-state index in [1.165, 1.54) is 0 Å². The zero-order valence-electron chi connectivity index (χ0n) is 18.0. The van der Waals surface area contributed by atoms with Crippen LogP contribution in [0.25, 0.3) is 0 Å². The molecule has 1 fully saturated rings. The minimum Gasteiger partial charge on any atom is -0.550 e. The van der Waals surface area contributed by atoms with Gasteiger partial charge in [-0.05, 0) is 37.7 Å². The maximum Gasteiger partial charge on any atom is 1.00 e. The Balaban J connectivity index is 0.00000320. The van der Waals surface area contributed by atoms with Crippen LogP contribution in [0.4, 0.5) is 0 Å². The molecule has 1 heterocycles. The van der Waals surface area contributed by atoms with E-state index in [0.29, 0.717) is 25.7 Å². The predicted molar refractivity (Wildman–Crippen MR) is 108 cm³/mol. The van der Waals surface area contributed by atoms with Crippen molar-refractivity contribution in [1.82, 2.24) is 0 Å². The van der Waals surface area contributed by atoms with Gasteiger partial charge in [-0.15, -0.1) is 11.8 Å². The number of hydrogen-bond acceptors (Lipinski definition) is 5. The van der Waals surface area contributed by atoms with Gasteiger partial charge in [0, 0.05) is 36.2 Å². The maximum atomic E-state index is 10.7. The van der Waals surface area contributed by atoms with Crippen molar-refractivity contribution in [3.63, 3.8) is 0 Å². The Kier molecular flexibility index (Phi) is 9.46. The van der Waals surface area contributed by atoms with Crippen LogP contribution in [0.5, 0.6) is 5.75 Å². The van der Waals surface area contributed by atoms with E-state index in [9.17, 15) is 20.1 Å². The van der Waals surface area contributed by atoms with E-state index >= 15 is 0 Å². The molecular weight excluding hydrogens is 391 g/mol. The van der Waals surface area contributed by atoms with Gasteiger partial charge in [-0.2, -0.15) is 0 Å². The third-order valence-corrected chi connectivity index (χ3v) is 6.03. The molecule has 6 heteroatoms. The van der Waals surface area contributed by atoms with Gasteiger partial charge in [-0.1, -0.05) is 37.3 Å². The molecule has 6 atom stereocenters. The van der Waals surface area contributed by atoms with Crippen LogP contribution in [-0.2, 0) is 11.2 Å². The minimum atomic E-state index is -1.04. The molecule has 2 N–H and O–H groups in total. The molecule has 156 valence electrons. The monoisotopic (exact) mass is 420 g/mol. The van der Waals surface area contributed by atoms with Crippen molar-refractivity contribution in [1.29, 1.82) is 0 Å². The van der Waals surface area contributed by atoms with Crippen LogP contribution in [0, 0.1) is 23.7 Å². The molecular formula is C24H29NaO5. The molecule has 0 saturated heterocycles. The number of carboxylic acids is 1. The molecule has 1 aliphatic carbocycles. The quantitative estimate of drug-likeness (QED) is 0.319.